The Labute approximate surface area is 169 Å². The van der Waals surface area contributed by atoms with Crippen LogP contribution in [0.3, 0.4) is 0 Å². The lowest BCUT2D eigenvalue weighted by atomic mass is 9.96. The lowest BCUT2D eigenvalue weighted by Crippen LogP contribution is -2.25. The van der Waals surface area contributed by atoms with E-state index in [1.54, 1.807) is 6.20 Å². The van der Waals surface area contributed by atoms with Gasteiger partial charge in [0.15, 0.2) is 5.82 Å². The smallest absolute Gasteiger partial charge is 0.251 e. The monoisotopic (exact) mass is 388 g/mol. The van der Waals surface area contributed by atoms with E-state index in [-0.39, 0.29) is 12.0 Å². The molecule has 148 valence electrons. The molecule has 0 unspecified atom stereocenters. The van der Waals surface area contributed by atoms with Crippen molar-refractivity contribution < 1.29 is 9.90 Å². The Morgan fingerprint density at radius 1 is 1.17 bits per heavy atom. The Balaban J connectivity index is 1.51. The summed E-state index contributed by atoms with van der Waals surface area (Å²) in [5.74, 6) is 0.815. The van der Waals surface area contributed by atoms with Crippen molar-refractivity contribution in [3.63, 3.8) is 0 Å². The Bertz CT molecular complexity index is 1090. The van der Waals surface area contributed by atoms with E-state index in [1.165, 1.54) is 0 Å². The number of anilines is 1. The van der Waals surface area contributed by atoms with Gasteiger partial charge in [0.25, 0.3) is 5.91 Å². The molecule has 2 N–H and O–H groups in total. The number of nitrogens with zero attached hydrogens (tertiary/aromatic N) is 3. The topological polar surface area (TPSA) is 78.4 Å². The average Bonchev–Trinajstić information content (AvgIpc) is 3.44. The SMILES string of the molecule is Cc1ccc(C(=O)NC2CC2)cc1-c1ccc2c(N3CC[C@H](O)C3)nncc2c1. The van der Waals surface area contributed by atoms with E-state index >= 15 is 0 Å². The molecule has 3 aromatic rings. The molecule has 1 aliphatic carbocycles. The number of aromatic nitrogens is 2. The van der Waals surface area contributed by atoms with Crippen molar-refractivity contribution in [1.82, 2.24) is 15.5 Å². The molecule has 5 rings (SSSR count). The van der Waals surface area contributed by atoms with Gasteiger partial charge in [-0.2, -0.15) is 5.10 Å². The molecular weight excluding hydrogens is 364 g/mol. The fourth-order valence-electron chi connectivity index (χ4n) is 3.98. The van der Waals surface area contributed by atoms with E-state index < -0.39 is 0 Å². The minimum absolute atomic E-state index is 0.00437. The van der Waals surface area contributed by atoms with Crippen LogP contribution in [0.15, 0.2) is 42.6 Å². The first-order valence-electron chi connectivity index (χ1n) is 10.2. The van der Waals surface area contributed by atoms with Gasteiger partial charge in [-0.15, -0.1) is 5.10 Å². The summed E-state index contributed by atoms with van der Waals surface area (Å²) < 4.78 is 0. The molecule has 0 radical (unpaired) electrons. The number of rotatable bonds is 4. The van der Waals surface area contributed by atoms with E-state index in [2.05, 4.69) is 45.5 Å². The second kappa shape index (κ2) is 7.12. The standard InChI is InChI=1S/C23H24N4O2/c1-14-2-3-16(23(29)25-18-5-6-18)11-21(14)15-4-7-20-17(10-15)12-24-26-22(20)27-9-8-19(28)13-27/h2-4,7,10-12,18-19,28H,5-6,8-9,13H2,1H3,(H,25,29)/t19-/m0/s1. The summed E-state index contributed by atoms with van der Waals surface area (Å²) in [5, 5.41) is 23.5. The van der Waals surface area contributed by atoms with E-state index in [0.717, 1.165) is 59.1 Å². The van der Waals surface area contributed by atoms with Gasteiger partial charge in [0.2, 0.25) is 0 Å². The summed E-state index contributed by atoms with van der Waals surface area (Å²) in [4.78, 5) is 14.6. The fourth-order valence-corrected chi connectivity index (χ4v) is 3.98. The third-order valence-electron chi connectivity index (χ3n) is 5.83. The minimum Gasteiger partial charge on any atom is -0.391 e. The van der Waals surface area contributed by atoms with Crippen molar-refractivity contribution in [2.24, 2.45) is 0 Å². The van der Waals surface area contributed by atoms with Gasteiger partial charge in [-0.25, -0.2) is 0 Å². The normalized spacial score (nSPS) is 19.0. The van der Waals surface area contributed by atoms with Gasteiger partial charge < -0.3 is 15.3 Å². The number of β-amino-alcohol motifs (C(OH)–C–C–N with tert-alkyl or cyclic N) is 1. The lowest BCUT2D eigenvalue weighted by Gasteiger charge is -2.18. The molecule has 1 saturated heterocycles. The molecule has 0 bridgehead atoms. The van der Waals surface area contributed by atoms with E-state index in [9.17, 15) is 9.90 Å². The van der Waals surface area contributed by atoms with Crippen LogP contribution in [0.1, 0.15) is 35.2 Å². The van der Waals surface area contributed by atoms with Gasteiger partial charge in [-0.3, -0.25) is 4.79 Å². The number of hydrogen-bond acceptors (Lipinski definition) is 5. The first-order chi connectivity index (χ1) is 14.1. The number of nitrogens with one attached hydrogen (secondary N) is 1. The third kappa shape index (κ3) is 3.56. The van der Waals surface area contributed by atoms with Gasteiger partial charge in [-0.1, -0.05) is 12.1 Å². The number of carbonyl (C=O) groups excluding carboxylic acids is 1. The average molecular weight is 388 g/mol. The Morgan fingerprint density at radius 3 is 2.79 bits per heavy atom. The Hall–Kier alpha value is -2.99. The van der Waals surface area contributed by atoms with Crippen molar-refractivity contribution >= 4 is 22.5 Å². The summed E-state index contributed by atoms with van der Waals surface area (Å²) in [6.45, 7) is 3.44. The van der Waals surface area contributed by atoms with Crippen molar-refractivity contribution in [2.45, 2.75) is 38.3 Å². The number of carbonyl (C=O) groups is 1. The van der Waals surface area contributed by atoms with Crippen molar-refractivity contribution in [3.8, 4) is 11.1 Å². The molecule has 0 spiro atoms. The molecule has 6 heteroatoms. The summed E-state index contributed by atoms with van der Waals surface area (Å²) in [7, 11) is 0. The highest BCUT2D eigenvalue weighted by Gasteiger charge is 2.25. The Morgan fingerprint density at radius 2 is 2.03 bits per heavy atom. The van der Waals surface area contributed by atoms with Crippen LogP contribution >= 0.6 is 0 Å². The second-order valence-electron chi connectivity index (χ2n) is 8.14. The summed E-state index contributed by atoms with van der Waals surface area (Å²) >= 11 is 0. The van der Waals surface area contributed by atoms with Gasteiger partial charge in [0, 0.05) is 35.5 Å². The lowest BCUT2D eigenvalue weighted by molar-refractivity contribution is 0.0951. The van der Waals surface area contributed by atoms with Crippen LogP contribution in [0.2, 0.25) is 0 Å². The first kappa shape index (κ1) is 18.1. The highest BCUT2D eigenvalue weighted by atomic mass is 16.3. The van der Waals surface area contributed by atoms with Crippen LogP contribution in [0, 0.1) is 6.92 Å². The highest BCUT2D eigenvalue weighted by molar-refractivity contribution is 5.98. The maximum Gasteiger partial charge on any atom is 0.251 e. The zero-order valence-corrected chi connectivity index (χ0v) is 16.4. The van der Waals surface area contributed by atoms with E-state index in [0.29, 0.717) is 18.2 Å². The maximum atomic E-state index is 12.5. The van der Waals surface area contributed by atoms with Gasteiger partial charge in [0.1, 0.15) is 0 Å². The molecule has 1 aromatic heterocycles. The number of benzene rings is 2. The number of aryl methyl sites for hydroxylation is 1. The molecule has 2 heterocycles. The van der Waals surface area contributed by atoms with E-state index in [1.807, 2.05) is 18.2 Å². The fraction of sp³-hybridized carbons (Fsp3) is 0.348. The zero-order chi connectivity index (χ0) is 20.0. The minimum atomic E-state index is -0.307. The van der Waals surface area contributed by atoms with Crippen molar-refractivity contribution in [3.05, 3.63) is 53.7 Å². The van der Waals surface area contributed by atoms with Crippen LogP contribution in [0.5, 0.6) is 0 Å². The van der Waals surface area contributed by atoms with Crippen LogP contribution < -0.4 is 10.2 Å². The number of amides is 1. The predicted octanol–water partition coefficient (Wildman–Crippen LogP) is 3.07. The van der Waals surface area contributed by atoms with Crippen LogP contribution in [0.4, 0.5) is 5.82 Å². The molecule has 2 aliphatic rings. The van der Waals surface area contributed by atoms with Crippen molar-refractivity contribution in [2.75, 3.05) is 18.0 Å². The van der Waals surface area contributed by atoms with E-state index in [4.69, 9.17) is 0 Å². The van der Waals surface area contributed by atoms with Crippen LogP contribution in [-0.2, 0) is 0 Å². The molecule has 29 heavy (non-hydrogen) atoms. The van der Waals surface area contributed by atoms with Gasteiger partial charge >= 0.3 is 0 Å². The van der Waals surface area contributed by atoms with Crippen LogP contribution in [0.25, 0.3) is 21.9 Å². The number of aliphatic hydroxyl groups is 1. The maximum absolute atomic E-state index is 12.5. The number of hydrogen-bond donors (Lipinski definition) is 2. The zero-order valence-electron chi connectivity index (χ0n) is 16.4. The summed E-state index contributed by atoms with van der Waals surface area (Å²) in [5.41, 5.74) is 3.91. The predicted molar refractivity (Wildman–Crippen MR) is 113 cm³/mol. The van der Waals surface area contributed by atoms with Crippen LogP contribution in [-0.4, -0.2) is 46.4 Å². The van der Waals surface area contributed by atoms with Crippen molar-refractivity contribution in [1.29, 1.82) is 0 Å². The summed E-state index contributed by atoms with van der Waals surface area (Å²) in [6, 6.07) is 12.4. The largest absolute Gasteiger partial charge is 0.391 e. The Kier molecular flexibility index (Phi) is 4.43. The molecule has 1 aliphatic heterocycles. The molecule has 1 atom stereocenters. The number of fused-ring (bicyclic) bond motifs is 1. The second-order valence-corrected chi connectivity index (χ2v) is 8.14. The first-order valence-corrected chi connectivity index (χ1v) is 10.2. The summed E-state index contributed by atoms with van der Waals surface area (Å²) in [6.07, 6.45) is 4.37. The highest BCUT2D eigenvalue weighted by Crippen LogP contribution is 2.32. The molecule has 2 fully saturated rings. The molecule has 1 amide bonds. The van der Waals surface area contributed by atoms with Gasteiger partial charge in [0.05, 0.1) is 12.3 Å². The molecular formula is C23H24N4O2. The quantitative estimate of drug-likeness (QED) is 0.718. The third-order valence-corrected chi connectivity index (χ3v) is 5.83. The molecule has 6 nitrogen and oxygen atoms in total. The molecule has 1 saturated carbocycles. The molecule has 2 aromatic carbocycles. The van der Waals surface area contributed by atoms with Gasteiger partial charge in [-0.05, 0) is 67.1 Å². The number of aliphatic hydroxyl groups excluding tert-OH is 1.